The molecule has 3 rings (SSSR count). The van der Waals surface area contributed by atoms with E-state index in [9.17, 15) is 13.5 Å². The first-order valence-corrected chi connectivity index (χ1v) is 9.68. The average Bonchev–Trinajstić information content (AvgIpc) is 3.13. The summed E-state index contributed by atoms with van der Waals surface area (Å²) in [4.78, 5) is 0.503. The van der Waals surface area contributed by atoms with Crippen LogP contribution in [-0.2, 0) is 17.1 Å². The minimum absolute atomic E-state index is 0.0995. The van der Waals surface area contributed by atoms with Crippen LogP contribution in [0.2, 0.25) is 10.0 Å². The Kier molecular flexibility index (Phi) is 4.48. The minimum atomic E-state index is -4.09. The monoisotopic (exact) mass is 403 g/mol. The van der Waals surface area contributed by atoms with Gasteiger partial charge >= 0.3 is 0 Å². The fourth-order valence-corrected chi connectivity index (χ4v) is 4.57. The molecule has 0 atom stereocenters. The van der Waals surface area contributed by atoms with Crippen molar-refractivity contribution in [1.29, 1.82) is 0 Å². The van der Waals surface area contributed by atoms with Gasteiger partial charge in [0.05, 0.1) is 9.90 Å². The molecule has 0 amide bonds. The maximum atomic E-state index is 12.5. The summed E-state index contributed by atoms with van der Waals surface area (Å²) in [7, 11) is -2.48. The summed E-state index contributed by atoms with van der Waals surface area (Å²) in [5.41, 5.74) is 0.638. The number of anilines is 1. The predicted molar refractivity (Wildman–Crippen MR) is 95.5 cm³/mol. The van der Waals surface area contributed by atoms with Crippen LogP contribution in [-0.4, -0.2) is 23.3 Å². The summed E-state index contributed by atoms with van der Waals surface area (Å²) in [6.45, 7) is 0. The van der Waals surface area contributed by atoms with E-state index in [-0.39, 0.29) is 15.9 Å². The summed E-state index contributed by atoms with van der Waals surface area (Å²) >= 11 is 13.1. The Balaban J connectivity index is 1.99. The highest BCUT2D eigenvalue weighted by atomic mass is 35.5. The van der Waals surface area contributed by atoms with Gasteiger partial charge in [0.1, 0.15) is 16.4 Å². The molecule has 3 aromatic rings. The van der Waals surface area contributed by atoms with Crippen LogP contribution in [0.3, 0.4) is 0 Å². The molecule has 1 aromatic carbocycles. The molecular weight excluding hydrogens is 393 g/mol. The van der Waals surface area contributed by atoms with Crippen molar-refractivity contribution in [3.63, 3.8) is 0 Å². The molecule has 0 saturated heterocycles. The Morgan fingerprint density at radius 3 is 2.71 bits per heavy atom. The molecule has 2 N–H and O–H groups in total. The van der Waals surface area contributed by atoms with Gasteiger partial charge < -0.3 is 5.11 Å². The van der Waals surface area contributed by atoms with Gasteiger partial charge in [0.15, 0.2) is 5.75 Å². The topological polar surface area (TPSA) is 84.2 Å². The highest BCUT2D eigenvalue weighted by Gasteiger charge is 2.23. The lowest BCUT2D eigenvalue weighted by atomic mass is 10.3. The van der Waals surface area contributed by atoms with E-state index < -0.39 is 20.7 Å². The van der Waals surface area contributed by atoms with Gasteiger partial charge in [-0.3, -0.25) is 9.40 Å². The van der Waals surface area contributed by atoms with Gasteiger partial charge in [0.2, 0.25) is 0 Å². The van der Waals surface area contributed by atoms with E-state index in [4.69, 9.17) is 23.2 Å². The number of rotatable bonds is 4. The number of phenols is 1. The fourth-order valence-electron chi connectivity index (χ4n) is 2.05. The van der Waals surface area contributed by atoms with Gasteiger partial charge in [0.25, 0.3) is 10.0 Å². The largest absolute Gasteiger partial charge is 0.505 e. The molecule has 126 valence electrons. The first-order chi connectivity index (χ1) is 11.3. The van der Waals surface area contributed by atoms with Crippen LogP contribution in [0.25, 0.3) is 10.6 Å². The van der Waals surface area contributed by atoms with Crippen LogP contribution < -0.4 is 4.72 Å². The summed E-state index contributed by atoms with van der Waals surface area (Å²) < 4.78 is 28.9. The Hall–Kier alpha value is -1.74. The van der Waals surface area contributed by atoms with Crippen molar-refractivity contribution in [2.24, 2.45) is 7.05 Å². The van der Waals surface area contributed by atoms with Crippen molar-refractivity contribution < 1.29 is 13.5 Å². The number of phenolic OH excluding ortho intramolecular Hbond substituents is 1. The summed E-state index contributed by atoms with van der Waals surface area (Å²) in [6.07, 6.45) is 0. The van der Waals surface area contributed by atoms with Gasteiger partial charge in [-0.1, -0.05) is 29.3 Å². The number of nitrogens with zero attached hydrogens (tertiary/aromatic N) is 2. The van der Waals surface area contributed by atoms with Gasteiger partial charge in [-0.15, -0.1) is 11.3 Å². The van der Waals surface area contributed by atoms with Crippen molar-refractivity contribution in [1.82, 2.24) is 9.78 Å². The highest BCUT2D eigenvalue weighted by molar-refractivity contribution is 7.92. The SMILES string of the molecule is Cn1nc(-c2cccs2)cc1NS(=O)(=O)c1cc(Cl)cc(Cl)c1O. The number of halogens is 2. The van der Waals surface area contributed by atoms with Crippen LogP contribution in [0, 0.1) is 0 Å². The third-order valence-electron chi connectivity index (χ3n) is 3.18. The lowest BCUT2D eigenvalue weighted by Gasteiger charge is -2.10. The number of hydrogen-bond donors (Lipinski definition) is 2. The van der Waals surface area contributed by atoms with E-state index in [0.29, 0.717) is 5.69 Å². The maximum absolute atomic E-state index is 12.5. The number of hydrogen-bond acceptors (Lipinski definition) is 5. The average molecular weight is 404 g/mol. The lowest BCUT2D eigenvalue weighted by Crippen LogP contribution is -2.15. The molecule has 0 bridgehead atoms. The number of sulfonamides is 1. The molecule has 0 aliphatic rings. The second-order valence-electron chi connectivity index (χ2n) is 4.86. The number of thiophene rings is 1. The molecule has 0 aliphatic carbocycles. The standard InChI is InChI=1S/C14H11Cl2N3O3S2/c1-19-13(7-10(17-19)11-3-2-4-23-11)18-24(21,22)12-6-8(15)5-9(16)14(12)20/h2-7,18,20H,1H3. The normalized spacial score (nSPS) is 11.6. The van der Waals surface area contributed by atoms with Gasteiger partial charge in [-0.05, 0) is 23.6 Å². The van der Waals surface area contributed by atoms with Gasteiger partial charge in [-0.25, -0.2) is 8.42 Å². The highest BCUT2D eigenvalue weighted by Crippen LogP contribution is 2.35. The minimum Gasteiger partial charge on any atom is -0.505 e. The zero-order valence-corrected chi connectivity index (χ0v) is 15.3. The zero-order chi connectivity index (χ0) is 17.5. The Morgan fingerprint density at radius 1 is 1.29 bits per heavy atom. The smallest absolute Gasteiger partial charge is 0.266 e. The van der Waals surface area contributed by atoms with Gasteiger partial charge in [0, 0.05) is 18.1 Å². The van der Waals surface area contributed by atoms with E-state index in [1.807, 2.05) is 17.5 Å². The maximum Gasteiger partial charge on any atom is 0.266 e. The Morgan fingerprint density at radius 2 is 2.04 bits per heavy atom. The van der Waals surface area contributed by atoms with E-state index in [2.05, 4.69) is 9.82 Å². The van der Waals surface area contributed by atoms with E-state index >= 15 is 0 Å². The summed E-state index contributed by atoms with van der Waals surface area (Å²) in [6, 6.07) is 7.75. The Labute approximate surface area is 152 Å². The molecule has 0 unspecified atom stereocenters. The molecule has 10 heteroatoms. The van der Waals surface area contributed by atoms with Crippen molar-refractivity contribution in [3.05, 3.63) is 45.8 Å². The molecule has 0 aliphatic heterocycles. The first kappa shape index (κ1) is 17.1. The molecule has 0 fully saturated rings. The van der Waals surface area contributed by atoms with Crippen LogP contribution >= 0.6 is 34.5 Å². The molecule has 0 saturated carbocycles. The zero-order valence-electron chi connectivity index (χ0n) is 12.2. The number of aromatic hydroxyl groups is 1. The van der Waals surface area contributed by atoms with Crippen molar-refractivity contribution in [2.45, 2.75) is 4.90 Å². The quantitative estimate of drug-likeness (QED) is 0.690. The summed E-state index contributed by atoms with van der Waals surface area (Å²) in [5.74, 6) is -0.317. The van der Waals surface area contributed by atoms with Crippen molar-refractivity contribution in [3.8, 4) is 16.3 Å². The van der Waals surface area contributed by atoms with Crippen LogP contribution in [0.1, 0.15) is 0 Å². The lowest BCUT2D eigenvalue weighted by molar-refractivity contribution is 0.459. The predicted octanol–water partition coefficient (Wildman–Crippen LogP) is 3.96. The summed E-state index contributed by atoms with van der Waals surface area (Å²) in [5, 5.41) is 16.1. The third kappa shape index (κ3) is 3.23. The molecule has 24 heavy (non-hydrogen) atoms. The van der Waals surface area contributed by atoms with Crippen LogP contribution in [0.4, 0.5) is 5.82 Å². The molecule has 2 heterocycles. The number of aryl methyl sites for hydroxylation is 1. The number of aromatic nitrogens is 2. The Bertz CT molecular complexity index is 999. The van der Waals surface area contributed by atoms with Crippen LogP contribution in [0.15, 0.2) is 40.6 Å². The van der Waals surface area contributed by atoms with Crippen LogP contribution in [0.5, 0.6) is 5.75 Å². The molecular formula is C14H11Cl2N3O3S2. The molecule has 2 aromatic heterocycles. The first-order valence-electron chi connectivity index (χ1n) is 6.56. The second kappa shape index (κ2) is 6.29. The number of benzene rings is 1. The third-order valence-corrected chi connectivity index (χ3v) is 5.94. The van der Waals surface area contributed by atoms with E-state index in [0.717, 1.165) is 10.9 Å². The van der Waals surface area contributed by atoms with Gasteiger partial charge in [-0.2, -0.15) is 5.10 Å². The van der Waals surface area contributed by atoms with E-state index in [1.165, 1.54) is 22.1 Å². The van der Waals surface area contributed by atoms with Crippen molar-refractivity contribution in [2.75, 3.05) is 4.72 Å². The fraction of sp³-hybridized carbons (Fsp3) is 0.0714. The van der Waals surface area contributed by atoms with E-state index in [1.54, 1.807) is 13.1 Å². The molecule has 0 spiro atoms. The second-order valence-corrected chi connectivity index (χ2v) is 8.30. The molecule has 6 nitrogen and oxygen atoms in total. The number of nitrogens with one attached hydrogen (secondary N) is 1. The molecule has 0 radical (unpaired) electrons. The van der Waals surface area contributed by atoms with Crippen molar-refractivity contribution >= 4 is 50.4 Å².